The quantitative estimate of drug-likeness (QED) is 0.682. The normalized spacial score (nSPS) is 11.0. The Bertz CT molecular complexity index is 485. The van der Waals surface area contributed by atoms with Gasteiger partial charge in [-0.1, -0.05) is 55.8 Å². The number of rotatable bonds is 8. The molecule has 0 saturated carbocycles. The van der Waals surface area contributed by atoms with Crippen LogP contribution >= 0.6 is 0 Å². The molecule has 0 heterocycles. The molecule has 2 aromatic carbocycles. The van der Waals surface area contributed by atoms with Crippen molar-refractivity contribution >= 4 is 10.8 Å². The topological polar surface area (TPSA) is 12.0 Å². The summed E-state index contributed by atoms with van der Waals surface area (Å²) in [5.41, 5.74) is 1.50. The Morgan fingerprint density at radius 1 is 0.842 bits per heavy atom. The third-order valence-electron chi connectivity index (χ3n) is 3.61. The van der Waals surface area contributed by atoms with Gasteiger partial charge in [0.05, 0.1) is 0 Å². The summed E-state index contributed by atoms with van der Waals surface area (Å²) in [7, 11) is 0. The van der Waals surface area contributed by atoms with Crippen LogP contribution in [0.15, 0.2) is 42.5 Å². The number of hydrogen-bond acceptors (Lipinski definition) is 1. The second kappa shape index (κ2) is 7.96. The van der Waals surface area contributed by atoms with Gasteiger partial charge in [-0.3, -0.25) is 0 Å². The number of hydrogen-bond donors (Lipinski definition) is 1. The molecule has 19 heavy (non-hydrogen) atoms. The lowest BCUT2D eigenvalue weighted by Crippen LogP contribution is -2.15. The third-order valence-corrected chi connectivity index (χ3v) is 3.61. The van der Waals surface area contributed by atoms with Crippen LogP contribution in [0.4, 0.5) is 0 Å². The van der Waals surface area contributed by atoms with Crippen LogP contribution in [0.1, 0.15) is 38.2 Å². The van der Waals surface area contributed by atoms with E-state index in [4.69, 9.17) is 0 Å². The molecule has 0 aromatic heterocycles. The number of benzene rings is 2. The van der Waals surface area contributed by atoms with Crippen molar-refractivity contribution in [2.75, 3.05) is 13.1 Å². The van der Waals surface area contributed by atoms with Crippen LogP contribution in [0.2, 0.25) is 0 Å². The fraction of sp³-hybridized carbons (Fsp3) is 0.444. The Labute approximate surface area is 117 Å². The van der Waals surface area contributed by atoms with Crippen LogP contribution in [0.5, 0.6) is 0 Å². The molecule has 2 rings (SSSR count). The van der Waals surface area contributed by atoms with E-state index in [1.165, 1.54) is 55.0 Å². The van der Waals surface area contributed by atoms with Crippen LogP contribution < -0.4 is 5.32 Å². The lowest BCUT2D eigenvalue weighted by Gasteiger charge is -2.07. The van der Waals surface area contributed by atoms with Crippen LogP contribution in [0.3, 0.4) is 0 Å². The van der Waals surface area contributed by atoms with E-state index in [0.29, 0.717) is 0 Å². The Morgan fingerprint density at radius 3 is 2.58 bits per heavy atom. The van der Waals surface area contributed by atoms with E-state index in [0.717, 1.165) is 6.54 Å². The van der Waals surface area contributed by atoms with Crippen molar-refractivity contribution in [2.24, 2.45) is 0 Å². The molecule has 0 aliphatic heterocycles. The van der Waals surface area contributed by atoms with Gasteiger partial charge < -0.3 is 5.32 Å². The summed E-state index contributed by atoms with van der Waals surface area (Å²) in [6.07, 6.45) is 6.34. The molecule has 0 bridgehead atoms. The smallest absolute Gasteiger partial charge is 0.00489 e. The Kier molecular flexibility index (Phi) is 5.90. The van der Waals surface area contributed by atoms with Crippen LogP contribution in [-0.4, -0.2) is 13.1 Å². The summed E-state index contributed by atoms with van der Waals surface area (Å²) in [5.74, 6) is 0. The average Bonchev–Trinajstić information content (AvgIpc) is 2.46. The first-order valence-corrected chi connectivity index (χ1v) is 7.59. The van der Waals surface area contributed by atoms with Crippen LogP contribution in [0.25, 0.3) is 10.8 Å². The van der Waals surface area contributed by atoms with Crippen LogP contribution in [0, 0.1) is 0 Å². The number of fused-ring (bicyclic) bond motifs is 1. The number of unbranched alkanes of at least 4 members (excludes halogenated alkanes) is 2. The van der Waals surface area contributed by atoms with Gasteiger partial charge in [0.2, 0.25) is 0 Å². The second-order valence-electron chi connectivity index (χ2n) is 5.20. The largest absolute Gasteiger partial charge is 0.317 e. The van der Waals surface area contributed by atoms with E-state index in [1.54, 1.807) is 0 Å². The van der Waals surface area contributed by atoms with Crippen molar-refractivity contribution in [1.29, 1.82) is 0 Å². The van der Waals surface area contributed by atoms with Crippen molar-refractivity contribution in [3.05, 3.63) is 48.0 Å². The minimum absolute atomic E-state index is 1.16. The molecule has 1 N–H and O–H groups in total. The van der Waals surface area contributed by atoms with E-state index in [-0.39, 0.29) is 0 Å². The summed E-state index contributed by atoms with van der Waals surface area (Å²) in [6.45, 7) is 4.54. The van der Waals surface area contributed by atoms with Crippen molar-refractivity contribution in [2.45, 2.75) is 39.0 Å². The summed E-state index contributed by atoms with van der Waals surface area (Å²) in [5, 5.41) is 6.25. The molecule has 0 unspecified atom stereocenters. The van der Waals surface area contributed by atoms with E-state index >= 15 is 0 Å². The molecule has 0 aliphatic rings. The molecular formula is C18H25N. The van der Waals surface area contributed by atoms with Gasteiger partial charge in [-0.15, -0.1) is 0 Å². The second-order valence-corrected chi connectivity index (χ2v) is 5.20. The van der Waals surface area contributed by atoms with Crippen molar-refractivity contribution in [1.82, 2.24) is 5.32 Å². The zero-order valence-corrected chi connectivity index (χ0v) is 12.0. The van der Waals surface area contributed by atoms with Gasteiger partial charge in [0.15, 0.2) is 0 Å². The first-order chi connectivity index (χ1) is 9.42. The third kappa shape index (κ3) is 4.36. The fourth-order valence-electron chi connectivity index (χ4n) is 2.55. The minimum atomic E-state index is 1.16. The Balaban J connectivity index is 1.78. The van der Waals surface area contributed by atoms with Crippen molar-refractivity contribution in [3.8, 4) is 0 Å². The molecule has 0 saturated heterocycles. The SMILES string of the molecule is CCCNCCCCCc1cccc2ccccc12. The molecule has 0 atom stereocenters. The highest BCUT2D eigenvalue weighted by molar-refractivity contribution is 5.85. The highest BCUT2D eigenvalue weighted by atomic mass is 14.8. The first-order valence-electron chi connectivity index (χ1n) is 7.59. The Morgan fingerprint density at radius 2 is 1.68 bits per heavy atom. The van der Waals surface area contributed by atoms with Gasteiger partial charge in [0.1, 0.15) is 0 Å². The lowest BCUT2D eigenvalue weighted by molar-refractivity contribution is 0.599. The molecule has 0 fully saturated rings. The molecule has 2 aromatic rings. The average molecular weight is 255 g/mol. The molecule has 0 radical (unpaired) electrons. The monoisotopic (exact) mass is 255 g/mol. The highest BCUT2D eigenvalue weighted by Gasteiger charge is 1.99. The Hall–Kier alpha value is -1.34. The fourth-order valence-corrected chi connectivity index (χ4v) is 2.55. The van der Waals surface area contributed by atoms with Gasteiger partial charge in [0, 0.05) is 0 Å². The van der Waals surface area contributed by atoms with Crippen molar-refractivity contribution < 1.29 is 0 Å². The van der Waals surface area contributed by atoms with Gasteiger partial charge in [-0.05, 0) is 55.1 Å². The molecule has 0 spiro atoms. The zero-order valence-electron chi connectivity index (χ0n) is 12.0. The van der Waals surface area contributed by atoms with E-state index in [2.05, 4.69) is 54.7 Å². The molecule has 0 amide bonds. The predicted octanol–water partition coefficient (Wildman–Crippen LogP) is 4.55. The van der Waals surface area contributed by atoms with Gasteiger partial charge in [-0.25, -0.2) is 0 Å². The van der Waals surface area contributed by atoms with Gasteiger partial charge >= 0.3 is 0 Å². The molecule has 102 valence electrons. The van der Waals surface area contributed by atoms with Crippen LogP contribution in [-0.2, 0) is 6.42 Å². The lowest BCUT2D eigenvalue weighted by atomic mass is 10.00. The predicted molar refractivity (Wildman–Crippen MR) is 84.7 cm³/mol. The van der Waals surface area contributed by atoms with E-state index in [9.17, 15) is 0 Å². The number of aryl methyl sites for hydroxylation is 1. The van der Waals surface area contributed by atoms with E-state index < -0.39 is 0 Å². The zero-order chi connectivity index (χ0) is 13.3. The molecule has 1 heteroatoms. The maximum Gasteiger partial charge on any atom is -0.00489 e. The van der Waals surface area contributed by atoms with Crippen molar-refractivity contribution in [3.63, 3.8) is 0 Å². The maximum atomic E-state index is 3.46. The first kappa shape index (κ1) is 14.1. The standard InChI is InChI=1S/C18H25N/c1-2-14-19-15-7-3-4-9-16-11-8-12-17-10-5-6-13-18(16)17/h5-6,8,10-13,19H,2-4,7,9,14-15H2,1H3. The summed E-state index contributed by atoms with van der Waals surface area (Å²) >= 11 is 0. The molecule has 0 aliphatic carbocycles. The molecule has 1 nitrogen and oxygen atoms in total. The van der Waals surface area contributed by atoms with Gasteiger partial charge in [-0.2, -0.15) is 0 Å². The van der Waals surface area contributed by atoms with Gasteiger partial charge in [0.25, 0.3) is 0 Å². The number of nitrogens with one attached hydrogen (secondary N) is 1. The van der Waals surface area contributed by atoms with E-state index in [1.807, 2.05) is 0 Å². The summed E-state index contributed by atoms with van der Waals surface area (Å²) < 4.78 is 0. The molecular weight excluding hydrogens is 230 g/mol. The maximum absolute atomic E-state index is 3.46. The summed E-state index contributed by atoms with van der Waals surface area (Å²) in [6, 6.07) is 15.4. The summed E-state index contributed by atoms with van der Waals surface area (Å²) in [4.78, 5) is 0. The highest BCUT2D eigenvalue weighted by Crippen LogP contribution is 2.20. The minimum Gasteiger partial charge on any atom is -0.317 e.